The van der Waals surface area contributed by atoms with Crippen molar-refractivity contribution >= 4 is 33.4 Å². The van der Waals surface area contributed by atoms with E-state index in [2.05, 4.69) is 16.0 Å². The Bertz CT molecular complexity index is 873. The van der Waals surface area contributed by atoms with E-state index >= 15 is 0 Å². The SMILES string of the molecule is O=C(CCCc1nc2ccccc2s1)N1CCCC12CCCN(C1CC1)C2=O. The Kier molecular flexibility index (Phi) is 4.62. The first-order valence-corrected chi connectivity index (χ1v) is 11.4. The van der Waals surface area contributed by atoms with E-state index in [1.807, 2.05) is 23.1 Å². The quantitative estimate of drug-likeness (QED) is 0.772. The average molecular weight is 398 g/mol. The molecular formula is C22H27N3O2S. The zero-order valence-electron chi connectivity index (χ0n) is 16.2. The van der Waals surface area contributed by atoms with E-state index in [0.29, 0.717) is 12.5 Å². The van der Waals surface area contributed by atoms with Crippen LogP contribution in [0.25, 0.3) is 10.2 Å². The topological polar surface area (TPSA) is 53.5 Å². The number of carbonyl (C=O) groups is 2. The van der Waals surface area contributed by atoms with Gasteiger partial charge in [0, 0.05) is 25.6 Å². The smallest absolute Gasteiger partial charge is 0.248 e. The molecule has 148 valence electrons. The first kappa shape index (κ1) is 18.1. The maximum atomic E-state index is 13.3. The molecule has 2 aromatic rings. The summed E-state index contributed by atoms with van der Waals surface area (Å²) >= 11 is 1.72. The summed E-state index contributed by atoms with van der Waals surface area (Å²) in [5.74, 6) is 0.392. The summed E-state index contributed by atoms with van der Waals surface area (Å²) in [5, 5.41) is 1.10. The minimum Gasteiger partial charge on any atom is -0.338 e. The Morgan fingerprint density at radius 2 is 1.96 bits per heavy atom. The summed E-state index contributed by atoms with van der Waals surface area (Å²) in [6.07, 6.45) is 8.08. The maximum absolute atomic E-state index is 13.3. The summed E-state index contributed by atoms with van der Waals surface area (Å²) in [5.41, 5.74) is 0.508. The van der Waals surface area contributed by atoms with Crippen LogP contribution >= 0.6 is 11.3 Å². The highest BCUT2D eigenvalue weighted by atomic mass is 32.1. The number of aryl methyl sites for hydroxylation is 1. The van der Waals surface area contributed by atoms with E-state index in [1.165, 1.54) is 4.70 Å². The molecule has 1 aromatic carbocycles. The monoisotopic (exact) mass is 397 g/mol. The molecule has 0 N–H and O–H groups in total. The standard InChI is InChI=1S/C22H27N3O2S/c26-20(9-3-8-19-23-17-6-1-2-7-18(17)28-19)25-15-5-13-22(25)12-4-14-24(21(22)27)16-10-11-16/h1-2,6-7,16H,3-5,8-15H2. The lowest BCUT2D eigenvalue weighted by Gasteiger charge is -2.44. The number of amides is 2. The number of thiazole rings is 1. The van der Waals surface area contributed by atoms with Gasteiger partial charge < -0.3 is 9.80 Å². The molecule has 3 heterocycles. The Morgan fingerprint density at radius 1 is 1.18 bits per heavy atom. The molecule has 3 fully saturated rings. The number of benzene rings is 1. The van der Waals surface area contributed by atoms with Crippen molar-refractivity contribution in [3.63, 3.8) is 0 Å². The molecule has 2 aliphatic heterocycles. The third kappa shape index (κ3) is 3.11. The van der Waals surface area contributed by atoms with Crippen molar-refractivity contribution in [1.29, 1.82) is 0 Å². The lowest BCUT2D eigenvalue weighted by atomic mass is 9.85. The molecule has 28 heavy (non-hydrogen) atoms. The van der Waals surface area contributed by atoms with Crippen molar-refractivity contribution in [2.45, 2.75) is 69.4 Å². The summed E-state index contributed by atoms with van der Waals surface area (Å²) < 4.78 is 1.20. The fraction of sp³-hybridized carbons (Fsp3) is 0.591. The fourth-order valence-corrected chi connectivity index (χ4v) is 6.04. The van der Waals surface area contributed by atoms with E-state index in [9.17, 15) is 9.59 Å². The summed E-state index contributed by atoms with van der Waals surface area (Å²) in [6, 6.07) is 8.62. The van der Waals surface area contributed by atoms with Gasteiger partial charge in [0.05, 0.1) is 15.2 Å². The highest BCUT2D eigenvalue weighted by molar-refractivity contribution is 7.18. The van der Waals surface area contributed by atoms with Crippen LogP contribution in [-0.2, 0) is 16.0 Å². The molecule has 1 aromatic heterocycles. The van der Waals surface area contributed by atoms with Crippen LogP contribution in [0.4, 0.5) is 0 Å². The molecular weight excluding hydrogens is 370 g/mol. The van der Waals surface area contributed by atoms with Crippen LogP contribution in [0.1, 0.15) is 56.4 Å². The van der Waals surface area contributed by atoms with E-state index in [-0.39, 0.29) is 11.8 Å². The van der Waals surface area contributed by atoms with E-state index < -0.39 is 5.54 Å². The van der Waals surface area contributed by atoms with Gasteiger partial charge in [0.2, 0.25) is 11.8 Å². The van der Waals surface area contributed by atoms with Gasteiger partial charge in [0.25, 0.3) is 0 Å². The van der Waals surface area contributed by atoms with E-state index in [1.54, 1.807) is 11.3 Å². The van der Waals surface area contributed by atoms with Crippen LogP contribution in [0, 0.1) is 0 Å². The second-order valence-corrected chi connectivity index (χ2v) is 9.56. The molecule has 6 heteroatoms. The van der Waals surface area contributed by atoms with Crippen molar-refractivity contribution in [3.05, 3.63) is 29.3 Å². The molecule has 3 aliphatic rings. The van der Waals surface area contributed by atoms with Crippen LogP contribution in [0.15, 0.2) is 24.3 Å². The van der Waals surface area contributed by atoms with Crippen LogP contribution < -0.4 is 0 Å². The fourth-order valence-electron chi connectivity index (χ4n) is 5.03. The number of hydrogen-bond acceptors (Lipinski definition) is 4. The van der Waals surface area contributed by atoms with Gasteiger partial charge in [-0.3, -0.25) is 9.59 Å². The molecule has 5 nitrogen and oxygen atoms in total. The maximum Gasteiger partial charge on any atom is 0.248 e. The van der Waals surface area contributed by atoms with E-state index in [4.69, 9.17) is 0 Å². The number of para-hydroxylation sites is 1. The number of likely N-dealkylation sites (tertiary alicyclic amines) is 2. The van der Waals surface area contributed by atoms with Gasteiger partial charge in [-0.2, -0.15) is 0 Å². The molecule has 0 radical (unpaired) electrons. The Morgan fingerprint density at radius 3 is 2.75 bits per heavy atom. The van der Waals surface area contributed by atoms with Crippen LogP contribution in [0.2, 0.25) is 0 Å². The van der Waals surface area contributed by atoms with Crippen LogP contribution in [-0.4, -0.2) is 51.3 Å². The predicted octanol–water partition coefficient (Wildman–Crippen LogP) is 3.77. The average Bonchev–Trinajstić information content (AvgIpc) is 3.32. The minimum atomic E-state index is -0.534. The largest absolute Gasteiger partial charge is 0.338 e. The summed E-state index contributed by atoms with van der Waals surface area (Å²) in [7, 11) is 0. The van der Waals surface area contributed by atoms with Gasteiger partial charge in [-0.15, -0.1) is 11.3 Å². The molecule has 1 saturated carbocycles. The van der Waals surface area contributed by atoms with Crippen molar-refractivity contribution in [3.8, 4) is 0 Å². The van der Waals surface area contributed by atoms with Gasteiger partial charge in [-0.05, 0) is 63.5 Å². The van der Waals surface area contributed by atoms with Crippen molar-refractivity contribution in [2.75, 3.05) is 13.1 Å². The number of piperidine rings is 1. The summed E-state index contributed by atoms with van der Waals surface area (Å²) in [4.78, 5) is 35.0. The molecule has 0 bridgehead atoms. The molecule has 1 unspecified atom stereocenters. The molecule has 1 spiro atoms. The lowest BCUT2D eigenvalue weighted by Crippen LogP contribution is -2.61. The number of rotatable bonds is 5. The van der Waals surface area contributed by atoms with Crippen LogP contribution in [0.3, 0.4) is 0 Å². The van der Waals surface area contributed by atoms with E-state index in [0.717, 1.165) is 75.0 Å². The third-order valence-corrected chi connectivity index (χ3v) is 7.64. The lowest BCUT2D eigenvalue weighted by molar-refractivity contribution is -0.155. The zero-order valence-corrected chi connectivity index (χ0v) is 17.0. The number of carbonyl (C=O) groups excluding carboxylic acids is 2. The number of fused-ring (bicyclic) bond motifs is 1. The molecule has 1 aliphatic carbocycles. The first-order chi connectivity index (χ1) is 13.7. The molecule has 5 rings (SSSR count). The number of aromatic nitrogens is 1. The van der Waals surface area contributed by atoms with Crippen molar-refractivity contribution in [2.24, 2.45) is 0 Å². The van der Waals surface area contributed by atoms with Gasteiger partial charge in [0.15, 0.2) is 0 Å². The highest BCUT2D eigenvalue weighted by Crippen LogP contribution is 2.42. The van der Waals surface area contributed by atoms with Gasteiger partial charge in [-0.25, -0.2) is 4.98 Å². The Labute approximate surface area is 169 Å². The number of nitrogens with zero attached hydrogens (tertiary/aromatic N) is 3. The normalized spacial score (nSPS) is 25.2. The van der Waals surface area contributed by atoms with Crippen molar-refractivity contribution in [1.82, 2.24) is 14.8 Å². The van der Waals surface area contributed by atoms with Crippen molar-refractivity contribution < 1.29 is 9.59 Å². The van der Waals surface area contributed by atoms with Gasteiger partial charge in [0.1, 0.15) is 5.54 Å². The van der Waals surface area contributed by atoms with Crippen LogP contribution in [0.5, 0.6) is 0 Å². The minimum absolute atomic E-state index is 0.157. The third-order valence-electron chi connectivity index (χ3n) is 6.55. The summed E-state index contributed by atoms with van der Waals surface area (Å²) in [6.45, 7) is 1.62. The predicted molar refractivity (Wildman–Crippen MR) is 110 cm³/mol. The zero-order chi connectivity index (χ0) is 19.1. The Balaban J connectivity index is 1.23. The second kappa shape index (κ2) is 7.14. The first-order valence-electron chi connectivity index (χ1n) is 10.6. The second-order valence-electron chi connectivity index (χ2n) is 8.44. The molecule has 1 atom stereocenters. The van der Waals surface area contributed by atoms with Gasteiger partial charge in [-0.1, -0.05) is 12.1 Å². The van der Waals surface area contributed by atoms with Gasteiger partial charge >= 0.3 is 0 Å². The molecule has 2 saturated heterocycles. The Hall–Kier alpha value is -1.95. The molecule has 2 amide bonds. The number of hydrogen-bond donors (Lipinski definition) is 0. The highest BCUT2D eigenvalue weighted by Gasteiger charge is 2.54.